The molecule has 2 atom stereocenters. The zero-order valence-electron chi connectivity index (χ0n) is 20.4. The van der Waals surface area contributed by atoms with E-state index in [1.54, 1.807) is 21.9 Å². The Labute approximate surface area is 208 Å². The summed E-state index contributed by atoms with van der Waals surface area (Å²) in [6.45, 7) is 6.28. The van der Waals surface area contributed by atoms with E-state index in [0.29, 0.717) is 23.1 Å². The summed E-state index contributed by atoms with van der Waals surface area (Å²) >= 11 is 0. The van der Waals surface area contributed by atoms with E-state index in [2.05, 4.69) is 0 Å². The average Bonchev–Trinajstić information content (AvgIpc) is 3.29. The van der Waals surface area contributed by atoms with Gasteiger partial charge >= 0.3 is 0 Å². The van der Waals surface area contributed by atoms with Crippen LogP contribution in [-0.4, -0.2) is 23.3 Å². The van der Waals surface area contributed by atoms with Crippen molar-refractivity contribution in [3.63, 3.8) is 0 Å². The molecular weight excluding hydrogens is 452 g/mol. The topological polar surface area (TPSA) is 70.8 Å². The fourth-order valence-corrected chi connectivity index (χ4v) is 5.87. The molecule has 2 unspecified atom stereocenters. The standard InChI is InChI=1S/C30H26N2O4/c1-4-16-31-23-13-9-8-12-22(23)30(29(31)35)25-26(33)21-17-18(2)14-15-24(21)36-27(25)28(34)32(30)19(3)20-10-6-5-7-11-20/h5-15,17,19H,4,16H2,1-3H3. The number of nitrogens with zero attached hydrogens (tertiary/aromatic N) is 2. The Balaban J connectivity index is 1.74. The van der Waals surface area contributed by atoms with Crippen LogP contribution in [0.25, 0.3) is 11.0 Å². The van der Waals surface area contributed by atoms with E-state index in [1.165, 1.54) is 0 Å². The molecule has 6 heteroatoms. The van der Waals surface area contributed by atoms with Crippen molar-refractivity contribution in [2.45, 2.75) is 38.8 Å². The van der Waals surface area contributed by atoms with Crippen LogP contribution in [0, 0.1) is 6.92 Å². The fraction of sp³-hybridized carbons (Fsp3) is 0.233. The second-order valence-corrected chi connectivity index (χ2v) is 9.58. The van der Waals surface area contributed by atoms with Gasteiger partial charge in [-0.1, -0.05) is 67.1 Å². The van der Waals surface area contributed by atoms with Gasteiger partial charge in [0, 0.05) is 12.1 Å². The molecule has 0 saturated heterocycles. The first-order chi connectivity index (χ1) is 17.4. The second-order valence-electron chi connectivity index (χ2n) is 9.58. The number of fused-ring (bicyclic) bond motifs is 5. The number of carbonyl (C=O) groups excluding carboxylic acids is 2. The van der Waals surface area contributed by atoms with Gasteiger partial charge in [-0.05, 0) is 44.0 Å². The number of rotatable bonds is 4. The molecule has 0 bridgehead atoms. The van der Waals surface area contributed by atoms with Crippen LogP contribution >= 0.6 is 0 Å². The molecule has 0 N–H and O–H groups in total. The Hall–Kier alpha value is -4.19. The van der Waals surface area contributed by atoms with Crippen molar-refractivity contribution in [3.05, 3.63) is 111 Å². The number of aryl methyl sites for hydroxylation is 1. The van der Waals surface area contributed by atoms with Crippen molar-refractivity contribution >= 4 is 28.5 Å². The van der Waals surface area contributed by atoms with Gasteiger partial charge in [-0.25, -0.2) is 0 Å². The molecule has 180 valence electrons. The summed E-state index contributed by atoms with van der Waals surface area (Å²) in [5.74, 6) is -0.803. The van der Waals surface area contributed by atoms with Crippen molar-refractivity contribution < 1.29 is 14.0 Å². The zero-order valence-corrected chi connectivity index (χ0v) is 20.4. The van der Waals surface area contributed by atoms with Gasteiger partial charge in [0.15, 0.2) is 11.0 Å². The summed E-state index contributed by atoms with van der Waals surface area (Å²) in [4.78, 5) is 46.2. The Kier molecular flexibility index (Phi) is 4.90. The number of benzene rings is 3. The molecule has 2 aliphatic heterocycles. The lowest BCUT2D eigenvalue weighted by Crippen LogP contribution is -2.54. The third kappa shape index (κ3) is 2.75. The van der Waals surface area contributed by atoms with Crippen LogP contribution < -0.4 is 10.3 Å². The van der Waals surface area contributed by atoms with E-state index in [0.717, 1.165) is 23.2 Å². The number of para-hydroxylation sites is 1. The van der Waals surface area contributed by atoms with E-state index in [-0.39, 0.29) is 22.7 Å². The highest BCUT2D eigenvalue weighted by atomic mass is 16.3. The van der Waals surface area contributed by atoms with E-state index in [1.807, 2.05) is 81.4 Å². The lowest BCUT2D eigenvalue weighted by molar-refractivity contribution is -0.127. The van der Waals surface area contributed by atoms with E-state index < -0.39 is 17.5 Å². The van der Waals surface area contributed by atoms with E-state index >= 15 is 0 Å². The predicted molar refractivity (Wildman–Crippen MR) is 138 cm³/mol. The van der Waals surface area contributed by atoms with Crippen molar-refractivity contribution in [3.8, 4) is 0 Å². The first-order valence-electron chi connectivity index (χ1n) is 12.3. The maximum atomic E-state index is 14.5. The Morgan fingerprint density at radius 3 is 2.42 bits per heavy atom. The van der Waals surface area contributed by atoms with E-state index in [4.69, 9.17) is 4.42 Å². The highest BCUT2D eigenvalue weighted by Crippen LogP contribution is 2.55. The minimum atomic E-state index is -1.61. The summed E-state index contributed by atoms with van der Waals surface area (Å²) in [6, 6.07) is 21.9. The smallest absolute Gasteiger partial charge is 0.292 e. The highest BCUT2D eigenvalue weighted by molar-refractivity contribution is 6.17. The van der Waals surface area contributed by atoms with Crippen LogP contribution in [0.4, 0.5) is 5.69 Å². The molecule has 1 aromatic heterocycles. The quantitative estimate of drug-likeness (QED) is 0.398. The minimum absolute atomic E-state index is 0.0550. The molecule has 3 aromatic carbocycles. The van der Waals surface area contributed by atoms with Crippen LogP contribution in [-0.2, 0) is 10.3 Å². The predicted octanol–water partition coefficient (Wildman–Crippen LogP) is 5.32. The molecule has 0 fully saturated rings. The van der Waals surface area contributed by atoms with E-state index in [9.17, 15) is 14.4 Å². The van der Waals surface area contributed by atoms with Gasteiger partial charge < -0.3 is 14.2 Å². The number of hydrogen-bond donors (Lipinski definition) is 0. The summed E-state index contributed by atoms with van der Waals surface area (Å²) in [6.07, 6.45) is 0.733. The Morgan fingerprint density at radius 2 is 1.67 bits per heavy atom. The summed E-state index contributed by atoms with van der Waals surface area (Å²) < 4.78 is 6.15. The number of hydrogen-bond acceptors (Lipinski definition) is 4. The van der Waals surface area contributed by atoms with Crippen molar-refractivity contribution in [1.29, 1.82) is 0 Å². The molecule has 36 heavy (non-hydrogen) atoms. The van der Waals surface area contributed by atoms with Crippen LogP contribution in [0.15, 0.2) is 82.0 Å². The van der Waals surface area contributed by atoms with Crippen LogP contribution in [0.5, 0.6) is 0 Å². The maximum Gasteiger partial charge on any atom is 0.292 e. The second kappa shape index (κ2) is 7.92. The first kappa shape index (κ1) is 22.3. The third-order valence-corrected chi connectivity index (χ3v) is 7.44. The molecule has 0 aliphatic carbocycles. The van der Waals surface area contributed by atoms with Crippen molar-refractivity contribution in [1.82, 2.24) is 4.90 Å². The molecule has 6 nitrogen and oxygen atoms in total. The van der Waals surface area contributed by atoms with Gasteiger partial charge in [0.1, 0.15) is 5.58 Å². The lowest BCUT2D eigenvalue weighted by Gasteiger charge is -2.38. The minimum Gasteiger partial charge on any atom is -0.450 e. The van der Waals surface area contributed by atoms with Gasteiger partial charge in [-0.3, -0.25) is 14.4 Å². The van der Waals surface area contributed by atoms with Crippen molar-refractivity contribution in [2.24, 2.45) is 0 Å². The molecular formula is C30H26N2O4. The van der Waals surface area contributed by atoms with Gasteiger partial charge in [-0.2, -0.15) is 0 Å². The SMILES string of the molecule is CCCN1C(=O)C2(c3ccccc31)c1c(oc3ccc(C)cc3c1=O)C(=O)N2C(C)c1ccccc1. The molecule has 2 aliphatic rings. The zero-order chi connectivity index (χ0) is 25.2. The van der Waals surface area contributed by atoms with Crippen LogP contribution in [0.2, 0.25) is 0 Å². The first-order valence-corrected chi connectivity index (χ1v) is 12.3. The number of anilines is 1. The average molecular weight is 479 g/mol. The Bertz CT molecular complexity index is 1610. The summed E-state index contributed by atoms with van der Waals surface area (Å²) in [5.41, 5.74) is 1.63. The Morgan fingerprint density at radius 1 is 0.944 bits per heavy atom. The van der Waals surface area contributed by atoms with Crippen LogP contribution in [0.1, 0.15) is 59.1 Å². The molecule has 3 heterocycles. The fourth-order valence-electron chi connectivity index (χ4n) is 5.87. The highest BCUT2D eigenvalue weighted by Gasteiger charge is 2.66. The molecule has 6 rings (SSSR count). The monoisotopic (exact) mass is 478 g/mol. The normalized spacial score (nSPS) is 19.3. The largest absolute Gasteiger partial charge is 0.450 e. The number of carbonyl (C=O) groups is 2. The summed E-state index contributed by atoms with van der Waals surface area (Å²) in [7, 11) is 0. The molecule has 4 aromatic rings. The van der Waals surface area contributed by atoms with Gasteiger partial charge in [0.25, 0.3) is 11.8 Å². The molecule has 1 spiro atoms. The number of amides is 2. The maximum absolute atomic E-state index is 14.5. The molecule has 0 saturated carbocycles. The molecule has 0 radical (unpaired) electrons. The molecule has 2 amide bonds. The van der Waals surface area contributed by atoms with Gasteiger partial charge in [-0.15, -0.1) is 0 Å². The summed E-state index contributed by atoms with van der Waals surface area (Å²) in [5, 5.41) is 0.370. The lowest BCUT2D eigenvalue weighted by atomic mass is 9.82. The van der Waals surface area contributed by atoms with Gasteiger partial charge in [0.05, 0.1) is 22.7 Å². The van der Waals surface area contributed by atoms with Crippen LogP contribution in [0.3, 0.4) is 0 Å². The van der Waals surface area contributed by atoms with Gasteiger partial charge in [0.2, 0.25) is 5.76 Å². The van der Waals surface area contributed by atoms with Crippen molar-refractivity contribution in [2.75, 3.05) is 11.4 Å². The third-order valence-electron chi connectivity index (χ3n) is 7.44.